The average molecular weight is 259 g/mol. The summed E-state index contributed by atoms with van der Waals surface area (Å²) in [6.45, 7) is -0.140. The maximum Gasteiger partial charge on any atom is 0.323 e. The molecule has 0 saturated carbocycles. The molecule has 0 aromatic carbocycles. The fourth-order valence-electron chi connectivity index (χ4n) is 1.86. The lowest BCUT2D eigenvalue weighted by molar-refractivity contribution is -0.137. The molecule has 1 N–H and O–H groups in total. The molecule has 0 fully saturated rings. The third-order valence-electron chi connectivity index (χ3n) is 2.58. The Bertz CT molecular complexity index is 703. The minimum absolute atomic E-state index is 0.140. The van der Waals surface area contributed by atoms with Crippen LogP contribution in [0.25, 0.3) is 22.6 Å². The van der Waals surface area contributed by atoms with Crippen LogP contribution in [0.2, 0.25) is 0 Å². The van der Waals surface area contributed by atoms with Crippen molar-refractivity contribution in [2.75, 3.05) is 0 Å². The molecule has 0 atom stereocenters. The number of aliphatic carboxylic acids is 1. The summed E-state index contributed by atoms with van der Waals surface area (Å²) in [4.78, 5) is 19.6. The molecule has 3 rings (SSSR count). The number of pyridine rings is 1. The molecular weight excluding hydrogens is 250 g/mol. The second-order valence-corrected chi connectivity index (χ2v) is 4.55. The third-order valence-corrected chi connectivity index (χ3v) is 3.26. The van der Waals surface area contributed by atoms with Crippen molar-refractivity contribution in [3.05, 3.63) is 35.2 Å². The Hall–Kier alpha value is -2.21. The van der Waals surface area contributed by atoms with Crippen molar-refractivity contribution in [1.29, 1.82) is 0 Å². The van der Waals surface area contributed by atoms with Crippen LogP contribution in [-0.4, -0.2) is 25.6 Å². The molecule has 0 amide bonds. The third kappa shape index (κ3) is 1.76. The van der Waals surface area contributed by atoms with Gasteiger partial charge < -0.3 is 5.11 Å². The average Bonchev–Trinajstić information content (AvgIpc) is 2.96. The largest absolute Gasteiger partial charge is 0.480 e. The molecule has 18 heavy (non-hydrogen) atoms. The zero-order chi connectivity index (χ0) is 12.5. The number of nitrogens with zero attached hydrogens (tertiary/aromatic N) is 3. The molecule has 0 radical (unpaired) electrons. The first-order valence-corrected chi connectivity index (χ1v) is 6.25. The highest BCUT2D eigenvalue weighted by Crippen LogP contribution is 2.25. The SMILES string of the molecule is O=C(O)Cn1c(-c2ccsc2)nc2cccnc21. The van der Waals surface area contributed by atoms with Crippen LogP contribution in [-0.2, 0) is 11.3 Å². The summed E-state index contributed by atoms with van der Waals surface area (Å²) < 4.78 is 1.62. The molecule has 5 nitrogen and oxygen atoms in total. The van der Waals surface area contributed by atoms with Crippen LogP contribution in [0.5, 0.6) is 0 Å². The van der Waals surface area contributed by atoms with Crippen molar-refractivity contribution in [2.45, 2.75) is 6.54 Å². The van der Waals surface area contributed by atoms with E-state index in [-0.39, 0.29) is 6.54 Å². The van der Waals surface area contributed by atoms with Crippen molar-refractivity contribution >= 4 is 28.5 Å². The fourth-order valence-corrected chi connectivity index (χ4v) is 2.49. The molecule has 0 aliphatic carbocycles. The van der Waals surface area contributed by atoms with E-state index in [9.17, 15) is 4.79 Å². The predicted octanol–water partition coefficient (Wildman–Crippen LogP) is 2.24. The van der Waals surface area contributed by atoms with Crippen molar-refractivity contribution in [1.82, 2.24) is 14.5 Å². The monoisotopic (exact) mass is 259 g/mol. The summed E-state index contributed by atoms with van der Waals surface area (Å²) in [6, 6.07) is 5.54. The van der Waals surface area contributed by atoms with Gasteiger partial charge in [-0.3, -0.25) is 9.36 Å². The highest BCUT2D eigenvalue weighted by atomic mass is 32.1. The predicted molar refractivity (Wildman–Crippen MR) is 68.5 cm³/mol. The van der Waals surface area contributed by atoms with E-state index in [1.807, 2.05) is 22.9 Å². The van der Waals surface area contributed by atoms with Crippen LogP contribution in [0, 0.1) is 0 Å². The Morgan fingerprint density at radius 3 is 3.06 bits per heavy atom. The van der Waals surface area contributed by atoms with Gasteiger partial charge in [0.1, 0.15) is 17.9 Å². The highest BCUT2D eigenvalue weighted by Gasteiger charge is 2.15. The van der Waals surface area contributed by atoms with Crippen molar-refractivity contribution in [3.8, 4) is 11.4 Å². The highest BCUT2D eigenvalue weighted by molar-refractivity contribution is 7.08. The summed E-state index contributed by atoms with van der Waals surface area (Å²) in [7, 11) is 0. The molecule has 3 heterocycles. The standard InChI is InChI=1S/C12H9N3O2S/c16-10(17)6-15-11(8-3-5-18-7-8)14-9-2-1-4-13-12(9)15/h1-5,7H,6H2,(H,16,17). The van der Waals surface area contributed by atoms with E-state index in [1.54, 1.807) is 28.2 Å². The topological polar surface area (TPSA) is 68.0 Å². The Balaban J connectivity index is 2.26. The zero-order valence-electron chi connectivity index (χ0n) is 9.28. The van der Waals surface area contributed by atoms with E-state index in [1.165, 1.54) is 0 Å². The molecule has 0 spiro atoms. The second-order valence-electron chi connectivity index (χ2n) is 3.77. The lowest BCUT2D eigenvalue weighted by atomic mass is 10.3. The minimum atomic E-state index is -0.906. The Morgan fingerprint density at radius 1 is 1.44 bits per heavy atom. The lowest BCUT2D eigenvalue weighted by Crippen LogP contribution is -2.10. The van der Waals surface area contributed by atoms with Gasteiger partial charge in [0.2, 0.25) is 0 Å². The first-order chi connectivity index (χ1) is 8.75. The number of rotatable bonds is 3. The van der Waals surface area contributed by atoms with Gasteiger partial charge in [0.15, 0.2) is 5.65 Å². The van der Waals surface area contributed by atoms with Gasteiger partial charge in [0.05, 0.1) is 0 Å². The summed E-state index contributed by atoms with van der Waals surface area (Å²) in [6.07, 6.45) is 1.64. The number of aromatic nitrogens is 3. The van der Waals surface area contributed by atoms with Gasteiger partial charge in [-0.15, -0.1) is 0 Å². The van der Waals surface area contributed by atoms with Gasteiger partial charge in [-0.25, -0.2) is 9.97 Å². The van der Waals surface area contributed by atoms with E-state index in [0.717, 1.165) is 5.56 Å². The van der Waals surface area contributed by atoms with E-state index in [0.29, 0.717) is 17.0 Å². The molecule has 0 aliphatic rings. The molecule has 6 heteroatoms. The smallest absolute Gasteiger partial charge is 0.323 e. The van der Waals surface area contributed by atoms with Gasteiger partial charge in [0, 0.05) is 17.1 Å². The summed E-state index contributed by atoms with van der Waals surface area (Å²) in [5.74, 6) is -0.260. The molecule has 0 unspecified atom stereocenters. The number of carboxylic acids is 1. The van der Waals surface area contributed by atoms with Crippen LogP contribution in [0.1, 0.15) is 0 Å². The van der Waals surface area contributed by atoms with Crippen molar-refractivity contribution in [2.24, 2.45) is 0 Å². The number of hydrogen-bond acceptors (Lipinski definition) is 4. The molecule has 0 bridgehead atoms. The minimum Gasteiger partial charge on any atom is -0.480 e. The summed E-state index contributed by atoms with van der Waals surface area (Å²) in [5, 5.41) is 12.9. The second kappa shape index (κ2) is 4.23. The van der Waals surface area contributed by atoms with E-state index < -0.39 is 5.97 Å². The summed E-state index contributed by atoms with van der Waals surface area (Å²) in [5.41, 5.74) is 2.22. The first kappa shape index (κ1) is 10.9. The van der Waals surface area contributed by atoms with Gasteiger partial charge in [0.25, 0.3) is 0 Å². The van der Waals surface area contributed by atoms with E-state index in [2.05, 4.69) is 9.97 Å². The number of hydrogen-bond donors (Lipinski definition) is 1. The quantitative estimate of drug-likeness (QED) is 0.783. The maximum absolute atomic E-state index is 11.0. The normalized spacial score (nSPS) is 10.9. The summed E-state index contributed by atoms with van der Waals surface area (Å²) >= 11 is 1.55. The van der Waals surface area contributed by atoms with Crippen molar-refractivity contribution < 1.29 is 9.90 Å². The first-order valence-electron chi connectivity index (χ1n) is 5.31. The Morgan fingerprint density at radius 2 is 2.33 bits per heavy atom. The lowest BCUT2D eigenvalue weighted by Gasteiger charge is -2.03. The molecule has 3 aromatic rings. The zero-order valence-corrected chi connectivity index (χ0v) is 10.1. The molecule has 0 saturated heterocycles. The number of carbonyl (C=O) groups is 1. The Labute approximate surface area is 106 Å². The van der Waals surface area contributed by atoms with Crippen LogP contribution >= 0.6 is 11.3 Å². The van der Waals surface area contributed by atoms with Gasteiger partial charge in [-0.1, -0.05) is 0 Å². The van der Waals surface area contributed by atoms with Crippen LogP contribution < -0.4 is 0 Å². The number of imidazole rings is 1. The molecular formula is C12H9N3O2S. The van der Waals surface area contributed by atoms with Crippen LogP contribution in [0.4, 0.5) is 0 Å². The molecule has 3 aromatic heterocycles. The van der Waals surface area contributed by atoms with E-state index >= 15 is 0 Å². The number of fused-ring (bicyclic) bond motifs is 1. The van der Waals surface area contributed by atoms with E-state index in [4.69, 9.17) is 5.11 Å². The van der Waals surface area contributed by atoms with Crippen LogP contribution in [0.3, 0.4) is 0 Å². The molecule has 0 aliphatic heterocycles. The Kier molecular flexibility index (Phi) is 2.56. The molecule has 90 valence electrons. The van der Waals surface area contributed by atoms with Crippen molar-refractivity contribution in [3.63, 3.8) is 0 Å². The fraction of sp³-hybridized carbons (Fsp3) is 0.0833. The number of carboxylic acid groups (broad SMARTS) is 1. The van der Waals surface area contributed by atoms with Gasteiger partial charge >= 0.3 is 5.97 Å². The van der Waals surface area contributed by atoms with Gasteiger partial charge in [-0.2, -0.15) is 11.3 Å². The maximum atomic E-state index is 11.0. The van der Waals surface area contributed by atoms with Gasteiger partial charge in [-0.05, 0) is 23.6 Å². The van der Waals surface area contributed by atoms with Crippen LogP contribution in [0.15, 0.2) is 35.2 Å². The number of thiophene rings is 1.